The van der Waals surface area contributed by atoms with Crippen molar-refractivity contribution in [1.29, 1.82) is 0 Å². The van der Waals surface area contributed by atoms with E-state index in [1.165, 1.54) is 12.0 Å². The Morgan fingerprint density at radius 3 is 2.38 bits per heavy atom. The molecule has 2 aromatic carbocycles. The molecule has 0 radical (unpaired) electrons. The summed E-state index contributed by atoms with van der Waals surface area (Å²) in [6.45, 7) is 0. The van der Waals surface area contributed by atoms with Crippen molar-refractivity contribution in [3.05, 3.63) is 65.2 Å². The van der Waals surface area contributed by atoms with Gasteiger partial charge < -0.3 is 10.1 Å². The molecule has 162 valence electrons. The van der Waals surface area contributed by atoms with Gasteiger partial charge >= 0.3 is 0 Å². The van der Waals surface area contributed by atoms with Crippen molar-refractivity contribution in [3.8, 4) is 5.75 Å². The Bertz CT molecular complexity index is 1170. The zero-order valence-corrected chi connectivity index (χ0v) is 18.1. The molecule has 3 fully saturated rings. The summed E-state index contributed by atoms with van der Waals surface area (Å²) in [6, 6.07) is 11.6. The van der Waals surface area contributed by atoms with Crippen LogP contribution in [0.5, 0.6) is 5.75 Å². The zero-order chi connectivity index (χ0) is 22.1. The minimum absolute atomic E-state index is 0.140. The summed E-state index contributed by atoms with van der Waals surface area (Å²) in [7, 11) is 1.51. The summed E-state index contributed by atoms with van der Waals surface area (Å²) < 4.78 is 5.29. The lowest BCUT2D eigenvalue weighted by Gasteiger charge is -2.37. The number of imide groups is 1. The van der Waals surface area contributed by atoms with Gasteiger partial charge in [-0.2, -0.15) is 0 Å². The number of methoxy groups -OCH3 is 1. The zero-order valence-electron chi connectivity index (χ0n) is 17.3. The van der Waals surface area contributed by atoms with Gasteiger partial charge in [0, 0.05) is 10.6 Å². The van der Waals surface area contributed by atoms with E-state index < -0.39 is 0 Å². The Morgan fingerprint density at radius 1 is 1.03 bits per heavy atom. The Morgan fingerprint density at radius 2 is 1.72 bits per heavy atom. The average Bonchev–Trinajstić information content (AvgIpc) is 3.57. The first kappa shape index (κ1) is 19.6. The van der Waals surface area contributed by atoms with Gasteiger partial charge in [0.15, 0.2) is 0 Å². The molecular formula is C25H21ClN2O4. The third kappa shape index (κ3) is 2.75. The monoisotopic (exact) mass is 448 g/mol. The Hall–Kier alpha value is -3.12. The van der Waals surface area contributed by atoms with Gasteiger partial charge in [0.1, 0.15) is 5.75 Å². The lowest BCUT2D eigenvalue weighted by Crippen LogP contribution is -2.40. The normalized spacial score (nSPS) is 31.4. The van der Waals surface area contributed by atoms with Crippen LogP contribution >= 0.6 is 11.6 Å². The van der Waals surface area contributed by atoms with E-state index in [4.69, 9.17) is 16.3 Å². The highest BCUT2D eigenvalue weighted by Crippen LogP contribution is 2.65. The molecule has 6 atom stereocenters. The summed E-state index contributed by atoms with van der Waals surface area (Å²) in [5, 5.41) is 3.26. The number of hydrogen-bond donors (Lipinski definition) is 1. The van der Waals surface area contributed by atoms with Crippen LogP contribution < -0.4 is 15.0 Å². The van der Waals surface area contributed by atoms with Crippen LogP contribution in [-0.2, 0) is 9.59 Å². The second-order valence-corrected chi connectivity index (χ2v) is 9.45. The Kier molecular flexibility index (Phi) is 4.24. The van der Waals surface area contributed by atoms with E-state index in [0.29, 0.717) is 39.5 Å². The largest absolute Gasteiger partial charge is 0.495 e. The molecule has 1 saturated heterocycles. The lowest BCUT2D eigenvalue weighted by atomic mass is 9.63. The maximum atomic E-state index is 13.3. The van der Waals surface area contributed by atoms with E-state index in [1.54, 1.807) is 42.5 Å². The average molecular weight is 449 g/mol. The van der Waals surface area contributed by atoms with Crippen LogP contribution in [0.1, 0.15) is 16.8 Å². The molecule has 7 rings (SSSR count). The minimum atomic E-state index is -0.382. The van der Waals surface area contributed by atoms with Crippen molar-refractivity contribution in [1.82, 2.24) is 0 Å². The first-order valence-corrected chi connectivity index (χ1v) is 11.2. The maximum absolute atomic E-state index is 13.3. The van der Waals surface area contributed by atoms with E-state index in [1.807, 2.05) is 0 Å². The smallest absolute Gasteiger partial charge is 0.255 e. The van der Waals surface area contributed by atoms with Crippen molar-refractivity contribution in [3.63, 3.8) is 0 Å². The van der Waals surface area contributed by atoms with Crippen molar-refractivity contribution in [2.45, 2.75) is 6.42 Å². The van der Waals surface area contributed by atoms with Gasteiger partial charge in [-0.1, -0.05) is 29.8 Å². The highest BCUT2D eigenvalue weighted by atomic mass is 35.5. The summed E-state index contributed by atoms with van der Waals surface area (Å²) in [5.41, 5.74) is 1.22. The predicted octanol–water partition coefficient (Wildman–Crippen LogP) is 4.16. The molecule has 6 nitrogen and oxygen atoms in total. The first-order valence-electron chi connectivity index (χ1n) is 10.8. The molecule has 2 saturated carbocycles. The fourth-order valence-electron chi connectivity index (χ4n) is 5.97. The maximum Gasteiger partial charge on any atom is 0.255 e. The molecule has 0 unspecified atom stereocenters. The predicted molar refractivity (Wildman–Crippen MR) is 120 cm³/mol. The number of carbonyl (C=O) groups excluding carboxylic acids is 3. The number of benzene rings is 2. The number of rotatable bonds is 4. The van der Waals surface area contributed by atoms with Gasteiger partial charge in [-0.05, 0) is 66.5 Å². The number of ether oxygens (including phenoxy) is 1. The number of anilines is 2. The fourth-order valence-corrected chi connectivity index (χ4v) is 6.14. The van der Waals surface area contributed by atoms with Crippen LogP contribution in [0.3, 0.4) is 0 Å². The van der Waals surface area contributed by atoms with E-state index in [0.717, 1.165) is 6.42 Å². The first-order chi connectivity index (χ1) is 15.5. The number of nitrogens with one attached hydrogen (secondary N) is 1. The summed E-state index contributed by atoms with van der Waals surface area (Å²) in [4.78, 5) is 40.9. The highest BCUT2D eigenvalue weighted by molar-refractivity contribution is 6.31. The van der Waals surface area contributed by atoms with Crippen molar-refractivity contribution in [2.24, 2.45) is 35.5 Å². The van der Waals surface area contributed by atoms with E-state index in [9.17, 15) is 14.4 Å². The summed E-state index contributed by atoms with van der Waals surface area (Å²) >= 11 is 6.05. The molecular weight excluding hydrogens is 428 g/mol. The molecule has 32 heavy (non-hydrogen) atoms. The van der Waals surface area contributed by atoms with Gasteiger partial charge in [0.05, 0.1) is 30.3 Å². The van der Waals surface area contributed by atoms with E-state index >= 15 is 0 Å². The van der Waals surface area contributed by atoms with Gasteiger partial charge in [-0.3, -0.25) is 14.4 Å². The lowest BCUT2D eigenvalue weighted by molar-refractivity contribution is -0.124. The van der Waals surface area contributed by atoms with Gasteiger partial charge in [-0.25, -0.2) is 4.90 Å². The quantitative estimate of drug-likeness (QED) is 0.563. The molecule has 1 aliphatic heterocycles. The van der Waals surface area contributed by atoms with Crippen LogP contribution in [0.25, 0.3) is 0 Å². The van der Waals surface area contributed by atoms with E-state index in [-0.39, 0.29) is 41.4 Å². The summed E-state index contributed by atoms with van der Waals surface area (Å²) in [6.07, 6.45) is 5.42. The second kappa shape index (κ2) is 6.94. The van der Waals surface area contributed by atoms with Crippen LogP contribution in [0.2, 0.25) is 5.02 Å². The second-order valence-electron chi connectivity index (χ2n) is 9.02. The number of hydrogen-bond acceptors (Lipinski definition) is 4. The molecule has 3 amide bonds. The SMILES string of the molecule is COc1ccc(Cl)cc1NC(=O)c1cccc(N2C(=O)[C@@H]3[C@H]4C=C[C@@H]([C@@H]5C[C@@H]45)[C@H]3C2=O)c1. The van der Waals surface area contributed by atoms with Crippen LogP contribution in [0.15, 0.2) is 54.6 Å². The van der Waals surface area contributed by atoms with Gasteiger partial charge in [0.2, 0.25) is 11.8 Å². The molecule has 1 heterocycles. The highest BCUT2D eigenvalue weighted by Gasteiger charge is 2.67. The molecule has 1 N–H and O–H groups in total. The third-order valence-electron chi connectivity index (χ3n) is 7.44. The molecule has 0 spiro atoms. The Labute approximate surface area is 190 Å². The molecule has 7 heteroatoms. The van der Waals surface area contributed by atoms with Crippen LogP contribution in [0.4, 0.5) is 11.4 Å². The fraction of sp³-hybridized carbons (Fsp3) is 0.320. The molecule has 4 aliphatic carbocycles. The number of halogens is 1. The number of allylic oxidation sites excluding steroid dienone is 2. The topological polar surface area (TPSA) is 75.7 Å². The third-order valence-corrected chi connectivity index (χ3v) is 7.67. The number of carbonyl (C=O) groups is 3. The summed E-state index contributed by atoms with van der Waals surface area (Å²) in [5.74, 6) is 0.708. The van der Waals surface area contributed by atoms with Crippen LogP contribution in [0, 0.1) is 35.5 Å². The molecule has 2 aromatic rings. The molecule has 5 aliphatic rings. The van der Waals surface area contributed by atoms with Crippen LogP contribution in [-0.4, -0.2) is 24.8 Å². The van der Waals surface area contributed by atoms with Crippen molar-refractivity contribution >= 4 is 40.7 Å². The minimum Gasteiger partial charge on any atom is -0.495 e. The number of nitrogens with zero attached hydrogens (tertiary/aromatic N) is 1. The number of amides is 3. The van der Waals surface area contributed by atoms with Gasteiger partial charge in [-0.15, -0.1) is 0 Å². The standard InChI is InChI=1S/C25H21ClN2O4/c1-32-20-8-5-13(26)10-19(20)27-23(29)12-3-2-4-14(9-12)28-24(30)21-15-6-7-16(18-11-17(15)18)22(21)25(28)31/h2-10,15-18,21-22H,11H2,1H3,(H,27,29)/t15-,16-,17-,18-,21+,22+/m0/s1. The van der Waals surface area contributed by atoms with E-state index in [2.05, 4.69) is 17.5 Å². The van der Waals surface area contributed by atoms with Crippen molar-refractivity contribution < 1.29 is 19.1 Å². The molecule has 2 bridgehead atoms. The van der Waals surface area contributed by atoms with Crippen molar-refractivity contribution in [2.75, 3.05) is 17.3 Å². The Balaban J connectivity index is 1.28. The van der Waals surface area contributed by atoms with Gasteiger partial charge in [0.25, 0.3) is 5.91 Å². The molecule has 0 aromatic heterocycles.